The molecule has 0 spiro atoms. The number of hydrogen-bond acceptors (Lipinski definition) is 3. The molecule has 3 nitrogen and oxygen atoms in total. The summed E-state index contributed by atoms with van der Waals surface area (Å²) in [6.45, 7) is 7.19. The predicted molar refractivity (Wildman–Crippen MR) is 93.5 cm³/mol. The van der Waals surface area contributed by atoms with Crippen LogP contribution in [0.1, 0.15) is 52.0 Å². The minimum absolute atomic E-state index is 0.0814. The molecule has 2 bridgehead atoms. The van der Waals surface area contributed by atoms with Crippen molar-refractivity contribution in [3.8, 4) is 0 Å². The average molecular weight is 330 g/mol. The lowest BCUT2D eigenvalue weighted by Gasteiger charge is -2.57. The lowest BCUT2D eigenvalue weighted by molar-refractivity contribution is -0.170. The summed E-state index contributed by atoms with van der Waals surface area (Å²) < 4.78 is 17.7. The Labute approximate surface area is 145 Å². The third-order valence-corrected chi connectivity index (χ3v) is 7.63. The van der Waals surface area contributed by atoms with Crippen molar-refractivity contribution < 1.29 is 13.9 Å². The topological polar surface area (TPSA) is 31.6 Å². The second kappa shape index (κ2) is 5.74. The fourth-order valence-corrected chi connectivity index (χ4v) is 6.14. The highest BCUT2D eigenvalue weighted by molar-refractivity contribution is 5.25. The van der Waals surface area contributed by atoms with Gasteiger partial charge in [-0.25, -0.2) is 0 Å². The summed E-state index contributed by atoms with van der Waals surface area (Å²) in [4.78, 5) is 0. The van der Waals surface area contributed by atoms with Gasteiger partial charge in [0.2, 0.25) is 0 Å². The van der Waals surface area contributed by atoms with Gasteiger partial charge in [0.15, 0.2) is 6.29 Å². The van der Waals surface area contributed by atoms with Crippen molar-refractivity contribution in [2.24, 2.45) is 22.7 Å². The molecule has 2 heterocycles. The van der Waals surface area contributed by atoms with E-state index in [1.165, 1.54) is 18.4 Å². The van der Waals surface area contributed by atoms with Crippen molar-refractivity contribution in [3.05, 3.63) is 35.8 Å². The lowest BCUT2D eigenvalue weighted by Crippen LogP contribution is -2.55. The summed E-state index contributed by atoms with van der Waals surface area (Å²) in [5.74, 6) is 1.17. The van der Waals surface area contributed by atoms with Gasteiger partial charge in [0.05, 0.1) is 18.6 Å². The molecule has 3 heteroatoms. The van der Waals surface area contributed by atoms with Crippen molar-refractivity contribution in [2.45, 2.75) is 65.3 Å². The number of rotatable bonds is 4. The first kappa shape index (κ1) is 16.4. The number of ether oxygens (including phenoxy) is 2. The normalized spacial score (nSPS) is 44.2. The summed E-state index contributed by atoms with van der Waals surface area (Å²) in [5.41, 5.74) is 3.19. The molecule has 0 unspecified atom stereocenters. The van der Waals surface area contributed by atoms with Crippen LogP contribution in [0.3, 0.4) is 0 Å². The summed E-state index contributed by atoms with van der Waals surface area (Å²) >= 11 is 0. The lowest BCUT2D eigenvalue weighted by atomic mass is 9.46. The van der Waals surface area contributed by atoms with Crippen molar-refractivity contribution >= 4 is 0 Å². The summed E-state index contributed by atoms with van der Waals surface area (Å²) in [5, 5.41) is 0. The number of fused-ring (bicyclic) bond motifs is 4. The maximum absolute atomic E-state index is 6.45. The standard InChI is InChI=1S/C21H30O3/c1-14-6-5-7-18-20(14,3)12-17-15(2)21(18,19(22-4)24-17)10-8-16-9-11-23-13-16/h6,9,11,13,15,17-19H,5,7-8,10,12H2,1-4H3/t15-,17+,18-,19-,20-,21+/m0/s1. The molecular weight excluding hydrogens is 300 g/mol. The number of aryl methyl sites for hydroxylation is 1. The second-order valence-corrected chi connectivity index (χ2v) is 8.41. The average Bonchev–Trinajstić information content (AvgIpc) is 3.14. The molecular formula is C21H30O3. The Morgan fingerprint density at radius 1 is 1.38 bits per heavy atom. The van der Waals surface area contributed by atoms with Gasteiger partial charge in [-0.1, -0.05) is 25.5 Å². The van der Waals surface area contributed by atoms with Crippen molar-refractivity contribution in [1.82, 2.24) is 0 Å². The summed E-state index contributed by atoms with van der Waals surface area (Å²) in [6.07, 6.45) is 12.0. The van der Waals surface area contributed by atoms with E-state index in [9.17, 15) is 0 Å². The van der Waals surface area contributed by atoms with E-state index >= 15 is 0 Å². The Morgan fingerprint density at radius 2 is 2.21 bits per heavy atom. The molecule has 0 radical (unpaired) electrons. The van der Waals surface area contributed by atoms with E-state index < -0.39 is 0 Å². The van der Waals surface area contributed by atoms with E-state index in [1.807, 2.05) is 13.4 Å². The summed E-state index contributed by atoms with van der Waals surface area (Å²) in [7, 11) is 1.82. The zero-order valence-corrected chi connectivity index (χ0v) is 15.4. The van der Waals surface area contributed by atoms with Crippen LogP contribution in [-0.4, -0.2) is 19.5 Å². The van der Waals surface area contributed by atoms with Gasteiger partial charge in [-0.15, -0.1) is 0 Å². The van der Waals surface area contributed by atoms with Gasteiger partial charge in [-0.3, -0.25) is 0 Å². The van der Waals surface area contributed by atoms with E-state index in [0.29, 0.717) is 17.9 Å². The van der Waals surface area contributed by atoms with Crippen LogP contribution in [0.25, 0.3) is 0 Å². The van der Waals surface area contributed by atoms with Gasteiger partial charge in [-0.05, 0) is 67.9 Å². The van der Waals surface area contributed by atoms with Crippen LogP contribution in [0.4, 0.5) is 0 Å². The molecule has 24 heavy (non-hydrogen) atoms. The first-order valence-electron chi connectivity index (χ1n) is 9.39. The van der Waals surface area contributed by atoms with Crippen LogP contribution in [-0.2, 0) is 15.9 Å². The molecule has 2 aliphatic carbocycles. The molecule has 4 rings (SSSR count). The van der Waals surface area contributed by atoms with Gasteiger partial charge in [0, 0.05) is 12.5 Å². The van der Waals surface area contributed by atoms with Gasteiger partial charge in [-0.2, -0.15) is 0 Å². The van der Waals surface area contributed by atoms with Crippen LogP contribution in [0, 0.1) is 22.7 Å². The number of furan rings is 1. The van der Waals surface area contributed by atoms with Crippen LogP contribution in [0.5, 0.6) is 0 Å². The minimum atomic E-state index is -0.0814. The fraction of sp³-hybridized carbons (Fsp3) is 0.714. The van der Waals surface area contributed by atoms with E-state index in [1.54, 1.807) is 11.8 Å². The number of hydrogen-bond donors (Lipinski definition) is 0. The third-order valence-electron chi connectivity index (χ3n) is 7.63. The van der Waals surface area contributed by atoms with E-state index in [4.69, 9.17) is 13.9 Å². The second-order valence-electron chi connectivity index (χ2n) is 8.41. The smallest absolute Gasteiger partial charge is 0.163 e. The summed E-state index contributed by atoms with van der Waals surface area (Å²) in [6, 6.07) is 2.09. The molecule has 1 aromatic rings. The van der Waals surface area contributed by atoms with Crippen LogP contribution in [0.15, 0.2) is 34.7 Å². The zero-order valence-electron chi connectivity index (χ0n) is 15.4. The van der Waals surface area contributed by atoms with Gasteiger partial charge in [0.1, 0.15) is 0 Å². The fourth-order valence-electron chi connectivity index (χ4n) is 6.14. The highest BCUT2D eigenvalue weighted by atomic mass is 16.7. The first-order valence-corrected chi connectivity index (χ1v) is 9.39. The molecule has 6 atom stereocenters. The Bertz CT molecular complexity index is 619. The van der Waals surface area contributed by atoms with Gasteiger partial charge in [0.25, 0.3) is 0 Å². The van der Waals surface area contributed by atoms with Crippen molar-refractivity contribution in [3.63, 3.8) is 0 Å². The van der Waals surface area contributed by atoms with E-state index in [0.717, 1.165) is 19.3 Å². The van der Waals surface area contributed by atoms with Crippen molar-refractivity contribution in [1.29, 1.82) is 0 Å². The SMILES string of the molecule is CO[C@H]1O[C@@H]2C[C@@]3(C)C(C)=CCC[C@@H]3[C@@]1(CCc1ccoc1)[C@H]2C. The molecule has 1 aromatic heterocycles. The number of methoxy groups -OCH3 is 1. The molecule has 1 saturated heterocycles. The Kier molecular flexibility index (Phi) is 3.92. The minimum Gasteiger partial charge on any atom is -0.472 e. The van der Waals surface area contributed by atoms with Crippen LogP contribution >= 0.6 is 0 Å². The largest absolute Gasteiger partial charge is 0.472 e. The molecule has 1 saturated carbocycles. The Morgan fingerprint density at radius 3 is 2.92 bits per heavy atom. The predicted octanol–water partition coefficient (Wildman–Crippen LogP) is 4.97. The van der Waals surface area contributed by atoms with Gasteiger partial charge >= 0.3 is 0 Å². The molecule has 0 amide bonds. The first-order chi connectivity index (χ1) is 11.5. The molecule has 132 valence electrons. The van der Waals surface area contributed by atoms with E-state index in [2.05, 4.69) is 32.9 Å². The van der Waals surface area contributed by atoms with Gasteiger partial charge < -0.3 is 13.9 Å². The highest BCUT2D eigenvalue weighted by Crippen LogP contribution is 2.67. The highest BCUT2D eigenvalue weighted by Gasteiger charge is 2.67. The van der Waals surface area contributed by atoms with Crippen molar-refractivity contribution in [2.75, 3.05) is 7.11 Å². The Balaban J connectivity index is 1.74. The zero-order chi connectivity index (χ0) is 16.9. The van der Waals surface area contributed by atoms with Crippen LogP contribution in [0.2, 0.25) is 0 Å². The monoisotopic (exact) mass is 330 g/mol. The Hall–Kier alpha value is -1.06. The maximum Gasteiger partial charge on any atom is 0.163 e. The molecule has 0 N–H and O–H groups in total. The maximum atomic E-state index is 6.45. The molecule has 1 aliphatic heterocycles. The van der Waals surface area contributed by atoms with Crippen LogP contribution < -0.4 is 0 Å². The number of allylic oxidation sites excluding steroid dienone is 2. The molecule has 3 aliphatic rings. The molecule has 0 aromatic carbocycles. The molecule has 2 fully saturated rings. The van der Waals surface area contributed by atoms with E-state index in [-0.39, 0.29) is 17.1 Å². The quantitative estimate of drug-likeness (QED) is 0.730. The third kappa shape index (κ3) is 2.10.